The molecular weight excluding hydrogens is 316 g/mol. The highest BCUT2D eigenvalue weighted by molar-refractivity contribution is 9.10. The highest BCUT2D eigenvalue weighted by Crippen LogP contribution is 2.17. The molecule has 2 aromatic rings. The molecule has 0 aliphatic carbocycles. The summed E-state index contributed by atoms with van der Waals surface area (Å²) in [5, 5.41) is 3.41. The molecule has 106 valence electrons. The van der Waals surface area contributed by atoms with Crippen LogP contribution in [0.4, 0.5) is 0 Å². The van der Waals surface area contributed by atoms with Crippen LogP contribution in [0, 0.1) is 0 Å². The second-order valence-electron chi connectivity index (χ2n) is 4.98. The first-order valence-corrected chi connectivity index (χ1v) is 7.47. The maximum Gasteiger partial charge on any atom is 0.139 e. The van der Waals surface area contributed by atoms with Gasteiger partial charge < -0.3 is 10.1 Å². The fraction of sp³-hybridized carbons (Fsp3) is 0.312. The van der Waals surface area contributed by atoms with E-state index in [1.165, 1.54) is 5.56 Å². The largest absolute Gasteiger partial charge is 0.487 e. The van der Waals surface area contributed by atoms with Gasteiger partial charge in [-0.3, -0.25) is 4.98 Å². The predicted octanol–water partition coefficient (Wildman–Crippen LogP) is 3.92. The summed E-state index contributed by atoms with van der Waals surface area (Å²) in [6, 6.07) is 10.8. The van der Waals surface area contributed by atoms with E-state index < -0.39 is 0 Å². The number of hydrogen-bond donors (Lipinski definition) is 1. The molecule has 2 rings (SSSR count). The van der Waals surface area contributed by atoms with Gasteiger partial charge in [0, 0.05) is 23.3 Å². The number of rotatable bonds is 6. The monoisotopic (exact) mass is 334 g/mol. The minimum Gasteiger partial charge on any atom is -0.487 e. The lowest BCUT2D eigenvalue weighted by molar-refractivity contribution is 0.304. The zero-order valence-corrected chi connectivity index (χ0v) is 13.4. The van der Waals surface area contributed by atoms with Gasteiger partial charge in [0.15, 0.2) is 0 Å². The third kappa shape index (κ3) is 4.94. The Bertz CT molecular complexity index is 558. The molecule has 3 nitrogen and oxygen atoms in total. The summed E-state index contributed by atoms with van der Waals surface area (Å²) in [5.41, 5.74) is 2.43. The van der Waals surface area contributed by atoms with Crippen LogP contribution in [0.3, 0.4) is 0 Å². The summed E-state index contributed by atoms with van der Waals surface area (Å²) in [5.74, 6) is 0.769. The van der Waals surface area contributed by atoms with Crippen molar-refractivity contribution in [1.82, 2.24) is 10.3 Å². The molecule has 1 aromatic heterocycles. The van der Waals surface area contributed by atoms with Gasteiger partial charge in [-0.15, -0.1) is 0 Å². The average Bonchev–Trinajstić information content (AvgIpc) is 2.43. The van der Waals surface area contributed by atoms with Crippen LogP contribution in [0.1, 0.15) is 25.0 Å². The van der Waals surface area contributed by atoms with E-state index in [1.807, 2.05) is 6.07 Å². The van der Waals surface area contributed by atoms with E-state index >= 15 is 0 Å². The van der Waals surface area contributed by atoms with Gasteiger partial charge in [0.1, 0.15) is 12.4 Å². The third-order valence-corrected chi connectivity index (χ3v) is 3.22. The molecule has 0 unspecified atom stereocenters. The van der Waals surface area contributed by atoms with Crippen molar-refractivity contribution in [3.63, 3.8) is 0 Å². The maximum absolute atomic E-state index is 5.74. The number of ether oxygens (including phenoxy) is 1. The van der Waals surface area contributed by atoms with Crippen molar-refractivity contribution in [1.29, 1.82) is 0 Å². The Morgan fingerprint density at radius 3 is 2.75 bits per heavy atom. The predicted molar refractivity (Wildman–Crippen MR) is 84.7 cm³/mol. The normalized spacial score (nSPS) is 10.8. The lowest BCUT2D eigenvalue weighted by Crippen LogP contribution is -2.21. The molecule has 0 amide bonds. The van der Waals surface area contributed by atoms with Crippen LogP contribution in [0.15, 0.2) is 47.2 Å². The molecule has 0 saturated heterocycles. The molecule has 0 spiro atoms. The minimum absolute atomic E-state index is 0.489. The van der Waals surface area contributed by atoms with Crippen LogP contribution in [0.25, 0.3) is 0 Å². The van der Waals surface area contributed by atoms with E-state index in [9.17, 15) is 0 Å². The Morgan fingerprint density at radius 2 is 2.00 bits per heavy atom. The van der Waals surface area contributed by atoms with Gasteiger partial charge in [-0.2, -0.15) is 0 Å². The lowest BCUT2D eigenvalue weighted by atomic mass is 10.1. The molecule has 0 aliphatic rings. The fourth-order valence-electron chi connectivity index (χ4n) is 1.79. The summed E-state index contributed by atoms with van der Waals surface area (Å²) >= 11 is 3.38. The fourth-order valence-corrected chi connectivity index (χ4v) is 2.13. The number of nitrogens with zero attached hydrogens (tertiary/aromatic N) is 1. The number of nitrogens with one attached hydrogen (secondary N) is 1. The molecule has 0 saturated carbocycles. The SMILES string of the molecule is CC(C)NCc1cccc(COc2cncc(Br)c2)c1. The molecule has 1 heterocycles. The van der Waals surface area contributed by atoms with Gasteiger partial charge in [-0.05, 0) is 33.1 Å². The van der Waals surface area contributed by atoms with Gasteiger partial charge in [0.05, 0.1) is 6.20 Å². The zero-order valence-electron chi connectivity index (χ0n) is 11.8. The van der Waals surface area contributed by atoms with Gasteiger partial charge in [-0.25, -0.2) is 0 Å². The van der Waals surface area contributed by atoms with Crippen LogP contribution in [-0.4, -0.2) is 11.0 Å². The van der Waals surface area contributed by atoms with E-state index in [4.69, 9.17) is 4.74 Å². The molecule has 0 aliphatic heterocycles. The average molecular weight is 335 g/mol. The second kappa shape index (κ2) is 7.41. The Hall–Kier alpha value is -1.39. The van der Waals surface area contributed by atoms with Crippen LogP contribution < -0.4 is 10.1 Å². The number of halogens is 1. The van der Waals surface area contributed by atoms with Crippen molar-refractivity contribution in [2.75, 3.05) is 0 Å². The molecule has 0 atom stereocenters. The first-order chi connectivity index (χ1) is 9.63. The van der Waals surface area contributed by atoms with Crippen molar-refractivity contribution >= 4 is 15.9 Å². The van der Waals surface area contributed by atoms with Gasteiger partial charge in [-0.1, -0.05) is 38.1 Å². The topological polar surface area (TPSA) is 34.1 Å². The van der Waals surface area contributed by atoms with E-state index in [0.717, 1.165) is 22.3 Å². The Balaban J connectivity index is 1.94. The van der Waals surface area contributed by atoms with E-state index in [0.29, 0.717) is 12.6 Å². The van der Waals surface area contributed by atoms with Crippen LogP contribution in [-0.2, 0) is 13.2 Å². The zero-order chi connectivity index (χ0) is 14.4. The highest BCUT2D eigenvalue weighted by atomic mass is 79.9. The summed E-state index contributed by atoms with van der Waals surface area (Å²) < 4.78 is 6.66. The quantitative estimate of drug-likeness (QED) is 0.869. The van der Waals surface area contributed by atoms with Crippen LogP contribution >= 0.6 is 15.9 Å². The summed E-state index contributed by atoms with van der Waals surface area (Å²) in [6.45, 7) is 5.72. The van der Waals surface area contributed by atoms with E-state index in [1.54, 1.807) is 12.4 Å². The Kier molecular flexibility index (Phi) is 5.56. The van der Waals surface area contributed by atoms with Crippen molar-refractivity contribution in [3.05, 3.63) is 58.3 Å². The number of hydrogen-bond acceptors (Lipinski definition) is 3. The van der Waals surface area contributed by atoms with Crippen molar-refractivity contribution in [2.45, 2.75) is 33.0 Å². The van der Waals surface area contributed by atoms with Gasteiger partial charge in [0.2, 0.25) is 0 Å². The molecule has 0 bridgehead atoms. The third-order valence-electron chi connectivity index (χ3n) is 2.79. The minimum atomic E-state index is 0.489. The lowest BCUT2D eigenvalue weighted by Gasteiger charge is -2.10. The summed E-state index contributed by atoms with van der Waals surface area (Å²) in [7, 11) is 0. The van der Waals surface area contributed by atoms with Crippen LogP contribution in [0.5, 0.6) is 5.75 Å². The molecule has 20 heavy (non-hydrogen) atoms. The van der Waals surface area contributed by atoms with Crippen molar-refractivity contribution < 1.29 is 4.74 Å². The Morgan fingerprint density at radius 1 is 1.20 bits per heavy atom. The van der Waals surface area contributed by atoms with E-state index in [2.05, 4.69) is 64.3 Å². The van der Waals surface area contributed by atoms with Gasteiger partial charge in [0.25, 0.3) is 0 Å². The summed E-state index contributed by atoms with van der Waals surface area (Å²) in [6.07, 6.45) is 3.46. The smallest absolute Gasteiger partial charge is 0.139 e. The first-order valence-electron chi connectivity index (χ1n) is 6.68. The molecular formula is C16H19BrN2O. The molecule has 0 radical (unpaired) electrons. The number of aromatic nitrogens is 1. The van der Waals surface area contributed by atoms with Gasteiger partial charge >= 0.3 is 0 Å². The number of pyridine rings is 1. The standard InChI is InChI=1S/C16H19BrN2O/c1-12(2)19-8-13-4-3-5-14(6-13)11-20-16-7-15(17)9-18-10-16/h3-7,9-10,12,19H,8,11H2,1-2H3. The molecule has 1 aromatic carbocycles. The maximum atomic E-state index is 5.74. The van der Waals surface area contributed by atoms with E-state index in [-0.39, 0.29) is 0 Å². The highest BCUT2D eigenvalue weighted by Gasteiger charge is 2.00. The van der Waals surface area contributed by atoms with Crippen molar-refractivity contribution in [3.8, 4) is 5.75 Å². The second-order valence-corrected chi connectivity index (χ2v) is 5.90. The Labute approximate surface area is 128 Å². The molecule has 0 fully saturated rings. The first kappa shape index (κ1) is 15.0. The number of benzene rings is 1. The summed E-state index contributed by atoms with van der Waals surface area (Å²) in [4.78, 5) is 4.08. The van der Waals surface area contributed by atoms with Crippen molar-refractivity contribution in [2.24, 2.45) is 0 Å². The van der Waals surface area contributed by atoms with Crippen LogP contribution in [0.2, 0.25) is 0 Å². The molecule has 1 N–H and O–H groups in total. The molecule has 4 heteroatoms.